The SMILES string of the molecule is C[Si](OC(C)(C)C)OC(C)(C)C. The molecule has 0 rings (SSSR count). The van der Waals surface area contributed by atoms with Crippen LogP contribution in [0.25, 0.3) is 0 Å². The van der Waals surface area contributed by atoms with E-state index in [1.807, 2.05) is 48.1 Å². The lowest BCUT2D eigenvalue weighted by Gasteiger charge is -2.28. The third-order valence-electron chi connectivity index (χ3n) is 0.900. The van der Waals surface area contributed by atoms with Gasteiger partial charge in [-0.15, -0.1) is 0 Å². The van der Waals surface area contributed by atoms with Crippen LogP contribution in [-0.2, 0) is 8.85 Å². The van der Waals surface area contributed by atoms with E-state index in [0.717, 1.165) is 0 Å². The van der Waals surface area contributed by atoms with Crippen LogP contribution in [-0.4, -0.2) is 20.5 Å². The molecule has 0 heterocycles. The van der Waals surface area contributed by atoms with Crippen molar-refractivity contribution in [3.05, 3.63) is 0 Å². The zero-order chi connectivity index (χ0) is 9.99. The average Bonchev–Trinajstić information content (AvgIpc) is 1.49. The smallest absolute Gasteiger partial charge is 0.381 e. The van der Waals surface area contributed by atoms with Gasteiger partial charge in [0.25, 0.3) is 0 Å². The number of hydrogen-bond acceptors (Lipinski definition) is 2. The first-order valence-electron chi connectivity index (χ1n) is 4.32. The second kappa shape index (κ2) is 3.90. The molecule has 0 aliphatic rings. The van der Waals surface area contributed by atoms with Crippen LogP contribution < -0.4 is 0 Å². The van der Waals surface area contributed by atoms with Gasteiger partial charge < -0.3 is 8.85 Å². The van der Waals surface area contributed by atoms with E-state index in [9.17, 15) is 0 Å². The summed E-state index contributed by atoms with van der Waals surface area (Å²) in [6.07, 6.45) is 0. The van der Waals surface area contributed by atoms with Crippen molar-refractivity contribution in [1.82, 2.24) is 0 Å². The van der Waals surface area contributed by atoms with E-state index in [0.29, 0.717) is 0 Å². The molecule has 3 heteroatoms. The summed E-state index contributed by atoms with van der Waals surface area (Å²) in [6.45, 7) is 14.3. The zero-order valence-electron chi connectivity index (χ0n) is 9.32. The molecule has 0 aromatic heterocycles. The van der Waals surface area contributed by atoms with E-state index in [1.54, 1.807) is 0 Å². The van der Waals surface area contributed by atoms with Crippen LogP contribution >= 0.6 is 0 Å². The number of hydrogen-bond donors (Lipinski definition) is 0. The molecule has 0 N–H and O–H groups in total. The lowest BCUT2D eigenvalue weighted by atomic mass is 10.2. The predicted molar refractivity (Wildman–Crippen MR) is 53.3 cm³/mol. The average molecular weight is 189 g/mol. The van der Waals surface area contributed by atoms with Crippen molar-refractivity contribution in [3.8, 4) is 0 Å². The molecule has 0 spiro atoms. The van der Waals surface area contributed by atoms with Crippen molar-refractivity contribution < 1.29 is 8.85 Å². The van der Waals surface area contributed by atoms with Gasteiger partial charge in [-0.3, -0.25) is 0 Å². The summed E-state index contributed by atoms with van der Waals surface area (Å²) < 4.78 is 11.4. The molecule has 2 nitrogen and oxygen atoms in total. The summed E-state index contributed by atoms with van der Waals surface area (Å²) in [5.74, 6) is 0. The molecule has 0 aromatic rings. The van der Waals surface area contributed by atoms with E-state index in [4.69, 9.17) is 8.85 Å². The standard InChI is InChI=1S/C9H21O2Si/c1-8(2,3)10-12(7)11-9(4,5)6/h1-7H3. The fraction of sp³-hybridized carbons (Fsp3) is 1.00. The molecule has 0 amide bonds. The van der Waals surface area contributed by atoms with Gasteiger partial charge in [0, 0.05) is 11.2 Å². The third kappa shape index (κ3) is 8.24. The van der Waals surface area contributed by atoms with Gasteiger partial charge in [0.05, 0.1) is 0 Å². The molecule has 0 aliphatic carbocycles. The van der Waals surface area contributed by atoms with E-state index in [-0.39, 0.29) is 11.2 Å². The van der Waals surface area contributed by atoms with Gasteiger partial charge in [0.15, 0.2) is 0 Å². The summed E-state index contributed by atoms with van der Waals surface area (Å²) in [5.41, 5.74) is -0.178. The van der Waals surface area contributed by atoms with Gasteiger partial charge in [-0.1, -0.05) is 0 Å². The quantitative estimate of drug-likeness (QED) is 0.622. The van der Waals surface area contributed by atoms with E-state index in [1.165, 1.54) is 0 Å². The lowest BCUT2D eigenvalue weighted by Crippen LogP contribution is -2.36. The highest BCUT2D eigenvalue weighted by molar-refractivity contribution is 6.42. The highest BCUT2D eigenvalue weighted by atomic mass is 28.3. The Morgan fingerprint density at radius 2 is 1.00 bits per heavy atom. The molecule has 0 aromatic carbocycles. The van der Waals surface area contributed by atoms with Crippen molar-refractivity contribution in [2.45, 2.75) is 59.3 Å². The van der Waals surface area contributed by atoms with Gasteiger partial charge >= 0.3 is 9.28 Å². The Labute approximate surface area is 78.1 Å². The monoisotopic (exact) mass is 189 g/mol. The first-order chi connectivity index (χ1) is 5.10. The molecule has 0 saturated carbocycles. The van der Waals surface area contributed by atoms with Crippen LogP contribution in [0.15, 0.2) is 0 Å². The Hall–Kier alpha value is 0.137. The molecule has 0 bridgehead atoms. The largest absolute Gasteiger partial charge is 0.389 e. The van der Waals surface area contributed by atoms with Crippen LogP contribution in [0.2, 0.25) is 6.55 Å². The molecule has 12 heavy (non-hydrogen) atoms. The maximum Gasteiger partial charge on any atom is 0.381 e. The molecular formula is C9H21O2Si. The first kappa shape index (κ1) is 12.1. The fourth-order valence-electron chi connectivity index (χ4n) is 0.883. The summed E-state index contributed by atoms with van der Waals surface area (Å²) in [4.78, 5) is 0. The molecule has 0 fully saturated rings. The van der Waals surface area contributed by atoms with Crippen molar-refractivity contribution in [2.24, 2.45) is 0 Å². The van der Waals surface area contributed by atoms with Crippen molar-refractivity contribution in [3.63, 3.8) is 0 Å². The van der Waals surface area contributed by atoms with Gasteiger partial charge in [-0.25, -0.2) is 0 Å². The maximum atomic E-state index is 5.69. The Kier molecular flexibility index (Phi) is 3.94. The summed E-state index contributed by atoms with van der Waals surface area (Å²) >= 11 is 0. The Bertz CT molecular complexity index is 116. The van der Waals surface area contributed by atoms with Crippen LogP contribution in [0.1, 0.15) is 41.5 Å². The molecular weight excluding hydrogens is 168 g/mol. The van der Waals surface area contributed by atoms with Crippen LogP contribution in [0.4, 0.5) is 0 Å². The molecule has 0 unspecified atom stereocenters. The molecule has 1 radical (unpaired) electrons. The van der Waals surface area contributed by atoms with E-state index < -0.39 is 9.28 Å². The van der Waals surface area contributed by atoms with Gasteiger partial charge in [-0.2, -0.15) is 0 Å². The minimum atomic E-state index is -1.10. The van der Waals surface area contributed by atoms with E-state index in [2.05, 4.69) is 0 Å². The number of rotatable bonds is 2. The first-order valence-corrected chi connectivity index (χ1v) is 6.13. The van der Waals surface area contributed by atoms with Crippen molar-refractivity contribution in [2.75, 3.05) is 0 Å². The third-order valence-corrected chi connectivity index (χ3v) is 2.70. The van der Waals surface area contributed by atoms with E-state index >= 15 is 0 Å². The van der Waals surface area contributed by atoms with Crippen molar-refractivity contribution in [1.29, 1.82) is 0 Å². The molecule has 0 atom stereocenters. The Morgan fingerprint density at radius 3 is 1.17 bits per heavy atom. The minimum absolute atomic E-state index is 0.0890. The fourth-order valence-corrected chi connectivity index (χ4v) is 2.65. The molecule has 73 valence electrons. The Balaban J connectivity index is 3.83. The highest BCUT2D eigenvalue weighted by Crippen LogP contribution is 2.14. The highest BCUT2D eigenvalue weighted by Gasteiger charge is 2.23. The normalized spacial score (nSPS) is 14.0. The minimum Gasteiger partial charge on any atom is -0.389 e. The van der Waals surface area contributed by atoms with Gasteiger partial charge in [-0.05, 0) is 48.1 Å². The summed E-state index contributed by atoms with van der Waals surface area (Å²) in [7, 11) is -1.10. The second-order valence-electron chi connectivity index (χ2n) is 4.92. The summed E-state index contributed by atoms with van der Waals surface area (Å²) in [6, 6.07) is 0. The van der Waals surface area contributed by atoms with Crippen LogP contribution in [0.5, 0.6) is 0 Å². The molecule has 0 saturated heterocycles. The summed E-state index contributed by atoms with van der Waals surface area (Å²) in [5, 5.41) is 0. The van der Waals surface area contributed by atoms with Gasteiger partial charge in [0.1, 0.15) is 0 Å². The van der Waals surface area contributed by atoms with Gasteiger partial charge in [0.2, 0.25) is 0 Å². The predicted octanol–water partition coefficient (Wildman–Crippen LogP) is 2.73. The van der Waals surface area contributed by atoms with Crippen LogP contribution in [0.3, 0.4) is 0 Å². The maximum absolute atomic E-state index is 5.69. The second-order valence-corrected chi connectivity index (χ2v) is 6.31. The molecule has 0 aliphatic heterocycles. The topological polar surface area (TPSA) is 18.5 Å². The Morgan fingerprint density at radius 1 is 0.750 bits per heavy atom. The lowest BCUT2D eigenvalue weighted by molar-refractivity contribution is 0.0372. The zero-order valence-corrected chi connectivity index (χ0v) is 10.3. The van der Waals surface area contributed by atoms with Crippen molar-refractivity contribution >= 4 is 9.28 Å². The van der Waals surface area contributed by atoms with Crippen LogP contribution in [0, 0.1) is 0 Å².